The van der Waals surface area contributed by atoms with Gasteiger partial charge in [0.15, 0.2) is 0 Å². The van der Waals surface area contributed by atoms with Crippen molar-refractivity contribution < 1.29 is 18.3 Å². The molecule has 0 fully saturated rings. The molecule has 0 saturated heterocycles. The molecule has 17 heavy (non-hydrogen) atoms. The lowest BCUT2D eigenvalue weighted by Crippen LogP contribution is -2.35. The van der Waals surface area contributed by atoms with Gasteiger partial charge in [0, 0.05) is 0 Å². The maximum atomic E-state index is 12.3. The van der Waals surface area contributed by atoms with Crippen LogP contribution in [-0.2, 0) is 6.18 Å². The van der Waals surface area contributed by atoms with Gasteiger partial charge in [0.25, 0.3) is 0 Å². The molecule has 0 aromatic heterocycles. The maximum absolute atomic E-state index is 12.3. The molecule has 0 bridgehead atoms. The maximum Gasteiger partial charge on any atom is 0.416 e. The van der Waals surface area contributed by atoms with Crippen LogP contribution in [0.3, 0.4) is 0 Å². The Morgan fingerprint density at radius 3 is 1.82 bits per heavy atom. The van der Waals surface area contributed by atoms with Crippen LogP contribution in [0.5, 0.6) is 0 Å². The van der Waals surface area contributed by atoms with E-state index in [9.17, 15) is 18.3 Å². The topological polar surface area (TPSA) is 46.2 Å². The van der Waals surface area contributed by atoms with Gasteiger partial charge in [-0.15, -0.1) is 12.4 Å². The van der Waals surface area contributed by atoms with Crippen LogP contribution in [0.25, 0.3) is 0 Å². The van der Waals surface area contributed by atoms with Crippen LogP contribution in [-0.4, -0.2) is 10.7 Å². The molecular weight excluding hydrogens is 255 g/mol. The predicted octanol–water partition coefficient (Wildman–Crippen LogP) is 2.90. The summed E-state index contributed by atoms with van der Waals surface area (Å²) in [5.74, 6) is 0. The highest BCUT2D eigenvalue weighted by atomic mass is 35.5. The van der Waals surface area contributed by atoms with Gasteiger partial charge < -0.3 is 10.8 Å². The van der Waals surface area contributed by atoms with Crippen molar-refractivity contribution in [1.82, 2.24) is 0 Å². The van der Waals surface area contributed by atoms with Crippen LogP contribution in [0.2, 0.25) is 0 Å². The van der Waals surface area contributed by atoms with Gasteiger partial charge in [0.2, 0.25) is 0 Å². The van der Waals surface area contributed by atoms with E-state index in [1.807, 2.05) is 0 Å². The summed E-state index contributed by atoms with van der Waals surface area (Å²) < 4.78 is 36.8. The number of rotatable bonds is 2. The second kappa shape index (κ2) is 5.25. The van der Waals surface area contributed by atoms with Gasteiger partial charge in [-0.1, -0.05) is 12.1 Å². The zero-order valence-electron chi connectivity index (χ0n) is 9.45. The van der Waals surface area contributed by atoms with E-state index in [2.05, 4.69) is 0 Å². The fraction of sp³-hybridized carbons (Fsp3) is 0.455. The van der Waals surface area contributed by atoms with Crippen molar-refractivity contribution in [2.24, 2.45) is 5.73 Å². The number of aliphatic hydroxyl groups is 1. The highest BCUT2D eigenvalue weighted by Gasteiger charge is 2.31. The lowest BCUT2D eigenvalue weighted by atomic mass is 9.92. The Labute approximate surface area is 104 Å². The minimum atomic E-state index is -4.35. The van der Waals surface area contributed by atoms with E-state index in [0.29, 0.717) is 5.56 Å². The summed E-state index contributed by atoms with van der Waals surface area (Å²) in [5.41, 5.74) is 4.28. The van der Waals surface area contributed by atoms with Gasteiger partial charge in [-0.2, -0.15) is 13.2 Å². The number of alkyl halides is 3. The average molecular weight is 270 g/mol. The molecular formula is C11H15ClF3NO. The first kappa shape index (κ1) is 16.2. The average Bonchev–Trinajstić information content (AvgIpc) is 2.14. The molecule has 1 aromatic rings. The second-order valence-electron chi connectivity index (χ2n) is 4.25. The van der Waals surface area contributed by atoms with Gasteiger partial charge >= 0.3 is 6.18 Å². The van der Waals surface area contributed by atoms with Crippen LogP contribution < -0.4 is 5.73 Å². The smallest absolute Gasteiger partial charge is 0.388 e. The summed E-state index contributed by atoms with van der Waals surface area (Å²) in [5, 5.41) is 9.62. The van der Waals surface area contributed by atoms with Gasteiger partial charge in [-0.25, -0.2) is 0 Å². The van der Waals surface area contributed by atoms with Gasteiger partial charge in [-0.05, 0) is 31.5 Å². The summed E-state index contributed by atoms with van der Waals surface area (Å²) >= 11 is 0. The van der Waals surface area contributed by atoms with Crippen molar-refractivity contribution >= 4 is 12.4 Å². The van der Waals surface area contributed by atoms with Crippen molar-refractivity contribution in [3.05, 3.63) is 35.4 Å². The molecule has 0 saturated carbocycles. The summed E-state index contributed by atoms with van der Waals surface area (Å²) in [4.78, 5) is 0. The van der Waals surface area contributed by atoms with Crippen molar-refractivity contribution in [3.8, 4) is 0 Å². The van der Waals surface area contributed by atoms with Crippen molar-refractivity contribution in [3.63, 3.8) is 0 Å². The Hall–Kier alpha value is -0.780. The minimum absolute atomic E-state index is 0. The first-order valence-corrected chi connectivity index (χ1v) is 4.77. The van der Waals surface area contributed by atoms with Gasteiger partial charge in [0.1, 0.15) is 0 Å². The monoisotopic (exact) mass is 269 g/mol. The van der Waals surface area contributed by atoms with Crippen LogP contribution in [0, 0.1) is 0 Å². The zero-order valence-corrected chi connectivity index (χ0v) is 10.3. The van der Waals surface area contributed by atoms with Crippen molar-refractivity contribution in [2.45, 2.75) is 31.7 Å². The van der Waals surface area contributed by atoms with E-state index in [1.54, 1.807) is 0 Å². The Morgan fingerprint density at radius 1 is 1.12 bits per heavy atom. The van der Waals surface area contributed by atoms with E-state index >= 15 is 0 Å². The van der Waals surface area contributed by atoms with Crippen LogP contribution in [0.15, 0.2) is 24.3 Å². The lowest BCUT2D eigenvalue weighted by molar-refractivity contribution is -0.137. The molecule has 6 heteroatoms. The SMILES string of the molecule is CC(C)(O)C(N)c1ccc(C(F)(F)F)cc1.Cl. The first-order chi connectivity index (χ1) is 7.12. The van der Waals surface area contributed by atoms with Gasteiger partial charge in [-0.3, -0.25) is 0 Å². The molecule has 0 radical (unpaired) electrons. The van der Waals surface area contributed by atoms with Gasteiger partial charge in [0.05, 0.1) is 17.2 Å². The molecule has 1 atom stereocenters. The number of hydrogen-bond donors (Lipinski definition) is 2. The molecule has 0 aliphatic heterocycles. The van der Waals surface area contributed by atoms with E-state index in [4.69, 9.17) is 5.73 Å². The third-order valence-electron chi connectivity index (χ3n) is 2.36. The van der Waals surface area contributed by atoms with Crippen molar-refractivity contribution in [1.29, 1.82) is 0 Å². The molecule has 98 valence electrons. The van der Waals surface area contributed by atoms with Crippen LogP contribution in [0.1, 0.15) is 31.0 Å². The zero-order chi connectivity index (χ0) is 12.6. The molecule has 2 nitrogen and oxygen atoms in total. The highest BCUT2D eigenvalue weighted by Crippen LogP contribution is 2.31. The molecule has 0 amide bonds. The van der Waals surface area contributed by atoms with E-state index in [0.717, 1.165) is 12.1 Å². The molecule has 0 aliphatic rings. The summed E-state index contributed by atoms with van der Waals surface area (Å²) in [7, 11) is 0. The third kappa shape index (κ3) is 4.18. The Kier molecular flexibility index (Phi) is 5.01. The van der Waals surface area contributed by atoms with Crippen LogP contribution >= 0.6 is 12.4 Å². The number of halogens is 4. The molecule has 1 unspecified atom stereocenters. The molecule has 0 heterocycles. The fourth-order valence-corrected chi connectivity index (χ4v) is 1.29. The molecule has 3 N–H and O–H groups in total. The molecule has 1 aromatic carbocycles. The molecule has 0 aliphatic carbocycles. The Balaban J connectivity index is 0.00000256. The highest BCUT2D eigenvalue weighted by molar-refractivity contribution is 5.85. The molecule has 0 spiro atoms. The first-order valence-electron chi connectivity index (χ1n) is 4.77. The van der Waals surface area contributed by atoms with E-state index < -0.39 is 23.4 Å². The predicted molar refractivity (Wildman–Crippen MR) is 61.9 cm³/mol. The largest absolute Gasteiger partial charge is 0.416 e. The minimum Gasteiger partial charge on any atom is -0.388 e. The second-order valence-corrected chi connectivity index (χ2v) is 4.25. The lowest BCUT2D eigenvalue weighted by Gasteiger charge is -2.26. The molecule has 1 rings (SSSR count). The van der Waals surface area contributed by atoms with E-state index in [-0.39, 0.29) is 12.4 Å². The third-order valence-corrected chi connectivity index (χ3v) is 2.36. The number of nitrogens with two attached hydrogens (primary N) is 1. The Bertz CT molecular complexity index is 356. The van der Waals surface area contributed by atoms with Crippen LogP contribution in [0.4, 0.5) is 13.2 Å². The normalized spacial score (nSPS) is 14.1. The quantitative estimate of drug-likeness (QED) is 0.867. The Morgan fingerprint density at radius 2 is 1.53 bits per heavy atom. The standard InChI is InChI=1S/C11H14F3NO.ClH/c1-10(2,16)9(15)7-3-5-8(6-4-7)11(12,13)14;/h3-6,9,16H,15H2,1-2H3;1H. The fourth-order valence-electron chi connectivity index (χ4n) is 1.29. The summed E-state index contributed by atoms with van der Waals surface area (Å²) in [6.45, 7) is 3.02. The summed E-state index contributed by atoms with van der Waals surface area (Å²) in [6.07, 6.45) is -4.35. The number of benzene rings is 1. The van der Waals surface area contributed by atoms with Crippen molar-refractivity contribution in [2.75, 3.05) is 0 Å². The number of hydrogen-bond acceptors (Lipinski definition) is 2. The van der Waals surface area contributed by atoms with E-state index in [1.165, 1.54) is 26.0 Å². The summed E-state index contributed by atoms with van der Waals surface area (Å²) in [6, 6.07) is 3.77.